The van der Waals surface area contributed by atoms with E-state index in [9.17, 15) is 4.79 Å². The van der Waals surface area contributed by atoms with Crippen LogP contribution in [0.15, 0.2) is 0 Å². The van der Waals surface area contributed by atoms with Gasteiger partial charge in [0, 0.05) is 26.2 Å². The lowest BCUT2D eigenvalue weighted by Crippen LogP contribution is -2.60. The van der Waals surface area contributed by atoms with Gasteiger partial charge in [-0.1, -0.05) is 13.8 Å². The Morgan fingerprint density at radius 2 is 2.12 bits per heavy atom. The van der Waals surface area contributed by atoms with Crippen molar-refractivity contribution in [3.05, 3.63) is 0 Å². The van der Waals surface area contributed by atoms with Gasteiger partial charge in [0.05, 0.1) is 6.04 Å². The third-order valence-corrected chi connectivity index (χ3v) is 3.27. The average Bonchev–Trinajstić information content (AvgIpc) is 2.20. The van der Waals surface area contributed by atoms with E-state index >= 15 is 0 Å². The van der Waals surface area contributed by atoms with Gasteiger partial charge in [0.25, 0.3) is 0 Å². The molecule has 0 aromatic heterocycles. The van der Waals surface area contributed by atoms with Crippen molar-refractivity contribution in [1.82, 2.24) is 9.80 Å². The summed E-state index contributed by atoms with van der Waals surface area (Å²) >= 11 is 0. The summed E-state index contributed by atoms with van der Waals surface area (Å²) in [6.07, 6.45) is 0.766. The largest absolute Gasteiger partial charge is 0.340 e. The van der Waals surface area contributed by atoms with Gasteiger partial charge in [0.15, 0.2) is 0 Å². The van der Waals surface area contributed by atoms with Gasteiger partial charge in [0.2, 0.25) is 5.91 Å². The van der Waals surface area contributed by atoms with Crippen LogP contribution < -0.4 is 5.73 Å². The summed E-state index contributed by atoms with van der Waals surface area (Å²) in [5.74, 6) is 0.813. The van der Waals surface area contributed by atoms with Crippen molar-refractivity contribution in [3.8, 4) is 0 Å². The zero-order chi connectivity index (χ0) is 12.3. The van der Waals surface area contributed by atoms with E-state index in [0.29, 0.717) is 18.5 Å². The van der Waals surface area contributed by atoms with E-state index < -0.39 is 0 Å². The van der Waals surface area contributed by atoms with Gasteiger partial charge >= 0.3 is 0 Å². The van der Waals surface area contributed by atoms with E-state index in [1.54, 1.807) is 0 Å². The molecule has 0 aliphatic carbocycles. The molecule has 1 aliphatic heterocycles. The van der Waals surface area contributed by atoms with Gasteiger partial charge in [0.1, 0.15) is 0 Å². The molecule has 4 heteroatoms. The highest BCUT2D eigenvalue weighted by atomic mass is 16.2. The summed E-state index contributed by atoms with van der Waals surface area (Å²) < 4.78 is 0. The van der Waals surface area contributed by atoms with Crippen molar-refractivity contribution in [2.45, 2.75) is 39.3 Å². The maximum atomic E-state index is 12.1. The minimum Gasteiger partial charge on any atom is -0.340 e. The van der Waals surface area contributed by atoms with Crippen molar-refractivity contribution in [2.75, 3.05) is 26.7 Å². The molecule has 4 nitrogen and oxygen atoms in total. The maximum absolute atomic E-state index is 12.1. The first kappa shape index (κ1) is 13.5. The van der Waals surface area contributed by atoms with Crippen LogP contribution in [0.3, 0.4) is 0 Å². The third kappa shape index (κ3) is 2.95. The van der Waals surface area contributed by atoms with Gasteiger partial charge < -0.3 is 10.6 Å². The van der Waals surface area contributed by atoms with Crippen LogP contribution in [0.1, 0.15) is 27.2 Å². The molecule has 0 aromatic rings. The van der Waals surface area contributed by atoms with Gasteiger partial charge in [-0.05, 0) is 25.8 Å². The van der Waals surface area contributed by atoms with Crippen LogP contribution in [0.5, 0.6) is 0 Å². The van der Waals surface area contributed by atoms with Crippen molar-refractivity contribution in [2.24, 2.45) is 11.7 Å². The summed E-state index contributed by atoms with van der Waals surface area (Å²) in [5.41, 5.74) is 5.60. The number of rotatable bonds is 4. The molecule has 1 rings (SSSR count). The minimum atomic E-state index is -0.00593. The number of hydrogen-bond acceptors (Lipinski definition) is 3. The summed E-state index contributed by atoms with van der Waals surface area (Å²) in [5, 5.41) is 0. The second-order valence-electron chi connectivity index (χ2n) is 5.24. The van der Waals surface area contributed by atoms with Gasteiger partial charge in [-0.15, -0.1) is 0 Å². The molecule has 1 fully saturated rings. The molecule has 1 saturated heterocycles. The molecule has 0 radical (unpaired) electrons. The Morgan fingerprint density at radius 3 is 2.62 bits per heavy atom. The SMILES string of the molecule is CC(C)CN1CC(C)N(C)C(=O)C1CCN. The lowest BCUT2D eigenvalue weighted by Gasteiger charge is -2.43. The minimum absolute atomic E-state index is 0.00593. The fraction of sp³-hybridized carbons (Fsp3) is 0.917. The number of nitrogens with two attached hydrogens (primary N) is 1. The number of nitrogens with zero attached hydrogens (tertiary/aromatic N) is 2. The first-order valence-corrected chi connectivity index (χ1v) is 6.18. The van der Waals surface area contributed by atoms with Crippen molar-refractivity contribution >= 4 is 5.91 Å². The lowest BCUT2D eigenvalue weighted by atomic mass is 10.0. The standard InChI is InChI=1S/C12H25N3O/c1-9(2)7-15-8-10(3)14(4)12(16)11(15)5-6-13/h9-11H,5-8,13H2,1-4H3. The Bertz CT molecular complexity index is 242. The Labute approximate surface area is 98.8 Å². The van der Waals surface area contributed by atoms with Crippen LogP contribution in [-0.2, 0) is 4.79 Å². The van der Waals surface area contributed by atoms with E-state index in [0.717, 1.165) is 19.5 Å². The fourth-order valence-corrected chi connectivity index (χ4v) is 2.33. The molecule has 0 saturated carbocycles. The zero-order valence-electron chi connectivity index (χ0n) is 10.9. The Hall–Kier alpha value is -0.610. The monoisotopic (exact) mass is 227 g/mol. The fourth-order valence-electron chi connectivity index (χ4n) is 2.33. The summed E-state index contributed by atoms with van der Waals surface area (Å²) in [4.78, 5) is 16.3. The van der Waals surface area contributed by atoms with E-state index in [2.05, 4.69) is 25.7 Å². The molecule has 0 bridgehead atoms. The predicted octanol–water partition coefficient (Wildman–Crippen LogP) is 0.522. The predicted molar refractivity (Wildman–Crippen MR) is 66.1 cm³/mol. The number of amides is 1. The van der Waals surface area contributed by atoms with Crippen LogP contribution in [0.2, 0.25) is 0 Å². The van der Waals surface area contributed by atoms with E-state index in [-0.39, 0.29) is 11.9 Å². The first-order valence-electron chi connectivity index (χ1n) is 6.18. The van der Waals surface area contributed by atoms with Gasteiger partial charge in [-0.25, -0.2) is 0 Å². The molecular weight excluding hydrogens is 202 g/mol. The number of carbonyl (C=O) groups excluding carboxylic acids is 1. The number of hydrogen-bond donors (Lipinski definition) is 1. The highest BCUT2D eigenvalue weighted by Gasteiger charge is 2.35. The lowest BCUT2D eigenvalue weighted by molar-refractivity contribution is -0.144. The van der Waals surface area contributed by atoms with Crippen LogP contribution in [0, 0.1) is 5.92 Å². The second kappa shape index (κ2) is 5.64. The number of piperazine rings is 1. The summed E-state index contributed by atoms with van der Waals surface area (Å²) in [7, 11) is 1.89. The average molecular weight is 227 g/mol. The van der Waals surface area contributed by atoms with Crippen LogP contribution in [0.25, 0.3) is 0 Å². The molecule has 2 atom stereocenters. The van der Waals surface area contributed by atoms with E-state index in [1.165, 1.54) is 0 Å². The highest BCUT2D eigenvalue weighted by molar-refractivity contribution is 5.82. The molecule has 0 spiro atoms. The highest BCUT2D eigenvalue weighted by Crippen LogP contribution is 2.18. The third-order valence-electron chi connectivity index (χ3n) is 3.27. The van der Waals surface area contributed by atoms with E-state index in [4.69, 9.17) is 5.73 Å². The maximum Gasteiger partial charge on any atom is 0.240 e. The van der Waals surface area contributed by atoms with E-state index in [1.807, 2.05) is 11.9 Å². The zero-order valence-corrected chi connectivity index (χ0v) is 10.9. The van der Waals surface area contributed by atoms with Gasteiger partial charge in [-0.2, -0.15) is 0 Å². The molecule has 94 valence electrons. The smallest absolute Gasteiger partial charge is 0.240 e. The van der Waals surface area contributed by atoms with Crippen molar-refractivity contribution in [1.29, 1.82) is 0 Å². The van der Waals surface area contributed by atoms with Crippen molar-refractivity contribution in [3.63, 3.8) is 0 Å². The van der Waals surface area contributed by atoms with Crippen LogP contribution in [0.4, 0.5) is 0 Å². The molecule has 1 aliphatic rings. The molecule has 0 aromatic carbocycles. The number of likely N-dealkylation sites (N-methyl/N-ethyl adjacent to an activating group) is 1. The Morgan fingerprint density at radius 1 is 1.50 bits per heavy atom. The Kier molecular flexibility index (Phi) is 4.74. The number of carbonyl (C=O) groups is 1. The molecule has 1 amide bonds. The summed E-state index contributed by atoms with van der Waals surface area (Å²) in [6.45, 7) is 9.00. The molecule has 2 N–H and O–H groups in total. The van der Waals surface area contributed by atoms with Crippen LogP contribution >= 0.6 is 0 Å². The normalized spacial score (nSPS) is 27.9. The van der Waals surface area contributed by atoms with Crippen LogP contribution in [-0.4, -0.2) is 54.5 Å². The second-order valence-corrected chi connectivity index (χ2v) is 5.24. The van der Waals surface area contributed by atoms with Gasteiger partial charge in [-0.3, -0.25) is 9.69 Å². The quantitative estimate of drug-likeness (QED) is 0.762. The Balaban J connectivity index is 2.74. The van der Waals surface area contributed by atoms with Crippen molar-refractivity contribution < 1.29 is 4.79 Å². The molecular formula is C12H25N3O. The first-order chi connectivity index (χ1) is 7.47. The molecule has 1 heterocycles. The topological polar surface area (TPSA) is 49.6 Å². The summed E-state index contributed by atoms with van der Waals surface area (Å²) in [6, 6.07) is 0.300. The molecule has 2 unspecified atom stereocenters. The molecule has 16 heavy (non-hydrogen) atoms.